The second kappa shape index (κ2) is 9.04. The number of fused-ring (bicyclic) bond motifs is 1. The molecule has 4 rings (SSSR count). The molecule has 1 fully saturated rings. The van der Waals surface area contributed by atoms with Crippen LogP contribution in [0.3, 0.4) is 0 Å². The van der Waals surface area contributed by atoms with Crippen molar-refractivity contribution in [2.75, 3.05) is 6.61 Å². The number of esters is 1. The molecule has 0 unspecified atom stereocenters. The van der Waals surface area contributed by atoms with Crippen LogP contribution in [0.15, 0.2) is 41.0 Å². The van der Waals surface area contributed by atoms with E-state index in [1.54, 1.807) is 13.0 Å². The van der Waals surface area contributed by atoms with Crippen LogP contribution in [-0.4, -0.2) is 30.9 Å². The number of hydrogen-bond acceptors (Lipinski definition) is 6. The Morgan fingerprint density at radius 1 is 1.03 bits per heavy atom. The molecule has 0 radical (unpaired) electrons. The van der Waals surface area contributed by atoms with E-state index in [0.29, 0.717) is 16.6 Å². The van der Waals surface area contributed by atoms with Crippen molar-refractivity contribution in [2.24, 2.45) is 0 Å². The normalized spacial score (nSPS) is 16.7. The molecule has 2 aromatic carbocycles. The molecule has 1 aliphatic heterocycles. The third-order valence-electron chi connectivity index (χ3n) is 6.34. The quantitative estimate of drug-likeness (QED) is 0.367. The highest BCUT2D eigenvalue weighted by atomic mass is 19.1. The van der Waals surface area contributed by atoms with Crippen LogP contribution in [0.1, 0.15) is 45.7 Å². The van der Waals surface area contributed by atoms with E-state index in [-0.39, 0.29) is 36.3 Å². The number of rotatable bonds is 7. The number of benzene rings is 2. The summed E-state index contributed by atoms with van der Waals surface area (Å²) in [5.74, 6) is -1.39. The molecular weight excluding hydrogens is 445 g/mol. The number of hydrogen-bond donors (Lipinski definition) is 0. The summed E-state index contributed by atoms with van der Waals surface area (Å²) in [7, 11) is -0.772. The van der Waals surface area contributed by atoms with Crippen molar-refractivity contribution in [3.63, 3.8) is 0 Å². The summed E-state index contributed by atoms with van der Waals surface area (Å²) in [6.07, 6.45) is 1.31. The van der Waals surface area contributed by atoms with Crippen LogP contribution >= 0.6 is 0 Å². The van der Waals surface area contributed by atoms with Crippen LogP contribution in [0, 0.1) is 11.6 Å². The van der Waals surface area contributed by atoms with Gasteiger partial charge in [-0.3, -0.25) is 4.79 Å². The number of carbonyl (C=O) groups excluding carboxylic acids is 1. The Morgan fingerprint density at radius 2 is 1.74 bits per heavy atom. The average molecular weight is 472 g/mol. The van der Waals surface area contributed by atoms with Crippen molar-refractivity contribution in [2.45, 2.75) is 58.8 Å². The van der Waals surface area contributed by atoms with Gasteiger partial charge in [0.15, 0.2) is 0 Å². The molecule has 180 valence electrons. The van der Waals surface area contributed by atoms with Gasteiger partial charge in [0.2, 0.25) is 0 Å². The van der Waals surface area contributed by atoms with Crippen LogP contribution in [0.5, 0.6) is 5.75 Å². The van der Waals surface area contributed by atoms with E-state index in [9.17, 15) is 9.18 Å². The van der Waals surface area contributed by atoms with Crippen molar-refractivity contribution < 1.29 is 36.8 Å². The predicted octanol–water partition coefficient (Wildman–Crippen LogP) is 4.69. The number of halogens is 2. The summed E-state index contributed by atoms with van der Waals surface area (Å²) in [5, 5.41) is 0.261. The number of carbonyl (C=O) groups is 1. The summed E-state index contributed by atoms with van der Waals surface area (Å²) < 4.78 is 57.8. The SMILES string of the molecule is CCOC(=O)Cc1ccc(F)cc1OCc1cc(B2OC(C)(C)C(C)(C)O2)c2occc2c1F. The zero-order valence-corrected chi connectivity index (χ0v) is 19.9. The molecule has 0 spiro atoms. The Balaban J connectivity index is 1.65. The third-order valence-corrected chi connectivity index (χ3v) is 6.34. The first-order valence-electron chi connectivity index (χ1n) is 11.1. The van der Waals surface area contributed by atoms with Crippen molar-refractivity contribution in [3.8, 4) is 5.75 Å². The van der Waals surface area contributed by atoms with E-state index in [0.717, 1.165) is 6.07 Å². The molecule has 0 aliphatic carbocycles. The van der Waals surface area contributed by atoms with Crippen LogP contribution in [0.4, 0.5) is 8.78 Å². The van der Waals surface area contributed by atoms with Crippen molar-refractivity contribution in [3.05, 3.63) is 59.4 Å². The minimum Gasteiger partial charge on any atom is -0.488 e. The Kier molecular flexibility index (Phi) is 6.44. The topological polar surface area (TPSA) is 67.1 Å². The molecule has 9 heteroatoms. The molecule has 1 aromatic heterocycles. The molecule has 0 bridgehead atoms. The van der Waals surface area contributed by atoms with E-state index >= 15 is 4.39 Å². The Labute approximate surface area is 197 Å². The lowest BCUT2D eigenvalue weighted by Crippen LogP contribution is -2.41. The number of ether oxygens (including phenoxy) is 2. The van der Waals surface area contributed by atoms with E-state index < -0.39 is 35.9 Å². The highest BCUT2D eigenvalue weighted by Crippen LogP contribution is 2.37. The zero-order chi connectivity index (χ0) is 24.7. The lowest BCUT2D eigenvalue weighted by atomic mass is 9.77. The maximum atomic E-state index is 15.3. The molecule has 3 aromatic rings. The van der Waals surface area contributed by atoms with Gasteiger partial charge >= 0.3 is 13.1 Å². The first kappa shape index (κ1) is 24.2. The van der Waals surface area contributed by atoms with Crippen molar-refractivity contribution in [1.82, 2.24) is 0 Å². The molecule has 6 nitrogen and oxygen atoms in total. The summed E-state index contributed by atoms with van der Waals surface area (Å²) in [6, 6.07) is 6.95. The largest absolute Gasteiger partial charge is 0.498 e. The first-order valence-corrected chi connectivity index (χ1v) is 11.1. The summed E-state index contributed by atoms with van der Waals surface area (Å²) >= 11 is 0. The lowest BCUT2D eigenvalue weighted by Gasteiger charge is -2.32. The Morgan fingerprint density at radius 3 is 2.41 bits per heavy atom. The van der Waals surface area contributed by atoms with Gasteiger partial charge in [-0.2, -0.15) is 0 Å². The summed E-state index contributed by atoms with van der Waals surface area (Å²) in [4.78, 5) is 11.9. The molecule has 0 N–H and O–H groups in total. The van der Waals surface area contributed by atoms with Gasteiger partial charge in [-0.15, -0.1) is 0 Å². The fourth-order valence-corrected chi connectivity index (χ4v) is 3.78. The first-order chi connectivity index (χ1) is 16.0. The Hall–Kier alpha value is -2.91. The third kappa shape index (κ3) is 4.54. The second-order valence-corrected chi connectivity index (χ2v) is 9.21. The highest BCUT2D eigenvalue weighted by molar-refractivity contribution is 6.64. The van der Waals surface area contributed by atoms with Crippen LogP contribution in [-0.2, 0) is 31.9 Å². The van der Waals surface area contributed by atoms with Gasteiger partial charge in [-0.1, -0.05) is 6.07 Å². The second-order valence-electron chi connectivity index (χ2n) is 9.21. The van der Waals surface area contributed by atoms with Crippen LogP contribution in [0.25, 0.3) is 11.0 Å². The molecule has 2 heterocycles. The van der Waals surface area contributed by atoms with Gasteiger partial charge in [-0.05, 0) is 52.8 Å². The summed E-state index contributed by atoms with van der Waals surface area (Å²) in [6.45, 7) is 9.42. The molecule has 0 amide bonds. The van der Waals surface area contributed by atoms with Crippen molar-refractivity contribution >= 4 is 29.5 Å². The van der Waals surface area contributed by atoms with Gasteiger partial charge in [0.1, 0.15) is 29.6 Å². The fraction of sp³-hybridized carbons (Fsp3) is 0.400. The van der Waals surface area contributed by atoms with Gasteiger partial charge in [0.05, 0.1) is 35.9 Å². The maximum Gasteiger partial charge on any atom is 0.498 e. The molecule has 0 atom stereocenters. The summed E-state index contributed by atoms with van der Waals surface area (Å²) in [5.41, 5.74) is 0.329. The Bertz CT molecular complexity index is 1200. The van der Waals surface area contributed by atoms with Gasteiger partial charge in [0.25, 0.3) is 0 Å². The number of furan rings is 1. The average Bonchev–Trinajstić information content (AvgIpc) is 3.32. The fourth-order valence-electron chi connectivity index (χ4n) is 3.78. The van der Waals surface area contributed by atoms with E-state index in [4.69, 9.17) is 23.2 Å². The van der Waals surface area contributed by atoms with Gasteiger partial charge in [-0.25, -0.2) is 8.78 Å². The van der Waals surface area contributed by atoms with Crippen LogP contribution in [0.2, 0.25) is 0 Å². The molecule has 34 heavy (non-hydrogen) atoms. The monoisotopic (exact) mass is 472 g/mol. The van der Waals surface area contributed by atoms with E-state index in [1.165, 1.54) is 24.5 Å². The molecule has 1 saturated heterocycles. The predicted molar refractivity (Wildman–Crippen MR) is 123 cm³/mol. The molecule has 1 aliphatic rings. The van der Waals surface area contributed by atoms with Crippen LogP contribution < -0.4 is 10.2 Å². The van der Waals surface area contributed by atoms with Gasteiger partial charge < -0.3 is 23.2 Å². The van der Waals surface area contributed by atoms with Gasteiger partial charge in [0, 0.05) is 22.7 Å². The van der Waals surface area contributed by atoms with Crippen molar-refractivity contribution in [1.29, 1.82) is 0 Å². The zero-order valence-electron chi connectivity index (χ0n) is 19.9. The smallest absolute Gasteiger partial charge is 0.488 e. The standard InChI is InChI=1S/C25H27BF2O6/c1-6-30-21(29)12-15-7-8-17(27)13-20(15)32-14-16-11-19(23-18(22(16)28)9-10-31-23)26-33-24(2,3)25(4,5)34-26/h7-11,13H,6,12,14H2,1-5H3. The lowest BCUT2D eigenvalue weighted by molar-refractivity contribution is -0.142. The van der Waals surface area contributed by atoms with E-state index in [1.807, 2.05) is 27.7 Å². The van der Waals surface area contributed by atoms with E-state index in [2.05, 4.69) is 0 Å². The minimum atomic E-state index is -0.772. The highest BCUT2D eigenvalue weighted by Gasteiger charge is 2.52. The molecular formula is C25H27BF2O6. The molecule has 0 saturated carbocycles. The minimum absolute atomic E-state index is 0.0914. The maximum absolute atomic E-state index is 15.3.